The van der Waals surface area contributed by atoms with Gasteiger partial charge in [-0.3, -0.25) is 4.79 Å². The maximum Gasteiger partial charge on any atom is 0.265 e. The monoisotopic (exact) mass is 302 g/mol. The molecule has 3 rings (SSSR count). The van der Waals surface area contributed by atoms with Gasteiger partial charge in [0.1, 0.15) is 4.88 Å². The van der Waals surface area contributed by atoms with Crippen LogP contribution in [0.25, 0.3) is 0 Å². The van der Waals surface area contributed by atoms with Gasteiger partial charge >= 0.3 is 0 Å². The number of piperazine rings is 1. The molecule has 0 unspecified atom stereocenters. The van der Waals surface area contributed by atoms with Crippen LogP contribution in [0.15, 0.2) is 29.8 Å². The number of hydrogen-bond acceptors (Lipinski definition) is 5. The Kier molecular flexibility index (Phi) is 3.79. The summed E-state index contributed by atoms with van der Waals surface area (Å²) in [5.74, 6) is 0.0932. The first kappa shape index (κ1) is 13.9. The van der Waals surface area contributed by atoms with E-state index in [1.165, 1.54) is 11.3 Å². The number of aromatic nitrogens is 1. The molecule has 1 aliphatic rings. The van der Waals surface area contributed by atoms with E-state index in [1.807, 2.05) is 36.1 Å². The minimum atomic E-state index is 0.0932. The lowest BCUT2D eigenvalue weighted by molar-refractivity contribution is 0.0751. The number of carbonyl (C=O) groups excluding carboxylic acids is 1. The molecular formula is C15H18N4OS. The second-order valence-electron chi connectivity index (χ2n) is 5.10. The molecule has 6 heteroatoms. The van der Waals surface area contributed by atoms with E-state index in [1.54, 1.807) is 5.51 Å². The molecule has 21 heavy (non-hydrogen) atoms. The number of nitrogen functional groups attached to an aromatic ring is 1. The van der Waals surface area contributed by atoms with Crippen LogP contribution in [-0.4, -0.2) is 42.0 Å². The number of anilines is 2. The zero-order valence-corrected chi connectivity index (χ0v) is 12.8. The van der Waals surface area contributed by atoms with E-state index in [9.17, 15) is 4.79 Å². The first-order valence-electron chi connectivity index (χ1n) is 6.95. The van der Waals surface area contributed by atoms with E-state index in [0.717, 1.165) is 35.0 Å². The number of nitrogens with two attached hydrogens (primary N) is 1. The fourth-order valence-electron chi connectivity index (χ4n) is 2.58. The Balaban J connectivity index is 1.67. The van der Waals surface area contributed by atoms with E-state index in [2.05, 4.69) is 9.88 Å². The van der Waals surface area contributed by atoms with Crippen LogP contribution in [0.4, 0.5) is 11.4 Å². The predicted molar refractivity (Wildman–Crippen MR) is 85.8 cm³/mol. The second-order valence-corrected chi connectivity index (χ2v) is 5.96. The number of thiazole rings is 1. The maximum atomic E-state index is 12.4. The number of rotatable bonds is 2. The van der Waals surface area contributed by atoms with Crippen LogP contribution >= 0.6 is 11.3 Å². The number of aryl methyl sites for hydroxylation is 1. The molecule has 0 spiro atoms. The molecule has 2 N–H and O–H groups in total. The highest BCUT2D eigenvalue weighted by molar-refractivity contribution is 7.11. The van der Waals surface area contributed by atoms with Crippen molar-refractivity contribution in [3.8, 4) is 0 Å². The van der Waals surface area contributed by atoms with E-state index < -0.39 is 0 Å². The lowest BCUT2D eigenvalue weighted by Crippen LogP contribution is -2.48. The summed E-state index contributed by atoms with van der Waals surface area (Å²) >= 11 is 1.42. The zero-order valence-electron chi connectivity index (χ0n) is 12.0. The van der Waals surface area contributed by atoms with Crippen molar-refractivity contribution in [1.29, 1.82) is 0 Å². The second kappa shape index (κ2) is 5.73. The van der Waals surface area contributed by atoms with E-state index >= 15 is 0 Å². The Morgan fingerprint density at radius 1 is 1.24 bits per heavy atom. The third-order valence-electron chi connectivity index (χ3n) is 3.78. The van der Waals surface area contributed by atoms with Crippen LogP contribution in [0, 0.1) is 6.92 Å². The highest BCUT2D eigenvalue weighted by atomic mass is 32.1. The highest BCUT2D eigenvalue weighted by Gasteiger charge is 2.24. The SMILES string of the molecule is Cc1ncsc1C(=O)N1CCN(c2ccccc2N)CC1. The van der Waals surface area contributed by atoms with E-state index in [-0.39, 0.29) is 5.91 Å². The Bertz CT molecular complexity index is 647. The van der Waals surface area contributed by atoms with Crippen LogP contribution in [0.1, 0.15) is 15.4 Å². The zero-order chi connectivity index (χ0) is 14.8. The number of para-hydroxylation sites is 2. The number of nitrogens with zero attached hydrogens (tertiary/aromatic N) is 3. The fraction of sp³-hybridized carbons (Fsp3) is 0.333. The van der Waals surface area contributed by atoms with Gasteiger partial charge in [-0.15, -0.1) is 11.3 Å². The van der Waals surface area contributed by atoms with Crippen LogP contribution in [0.2, 0.25) is 0 Å². The predicted octanol–water partition coefficient (Wildman–Crippen LogP) is 2.00. The molecule has 0 atom stereocenters. The summed E-state index contributed by atoms with van der Waals surface area (Å²) in [7, 11) is 0. The molecule has 110 valence electrons. The van der Waals surface area contributed by atoms with Crippen molar-refractivity contribution in [3.05, 3.63) is 40.3 Å². The largest absolute Gasteiger partial charge is 0.397 e. The molecule has 1 aromatic carbocycles. The summed E-state index contributed by atoms with van der Waals surface area (Å²) in [6, 6.07) is 7.86. The maximum absolute atomic E-state index is 12.4. The average molecular weight is 302 g/mol. The minimum Gasteiger partial charge on any atom is -0.397 e. The topological polar surface area (TPSA) is 62.5 Å². The van der Waals surface area contributed by atoms with Crippen molar-refractivity contribution in [1.82, 2.24) is 9.88 Å². The molecule has 0 aliphatic carbocycles. The molecule has 1 saturated heterocycles. The van der Waals surface area contributed by atoms with Gasteiger partial charge in [0.05, 0.1) is 22.6 Å². The van der Waals surface area contributed by atoms with Crippen molar-refractivity contribution in [2.24, 2.45) is 0 Å². The lowest BCUT2D eigenvalue weighted by Gasteiger charge is -2.36. The smallest absolute Gasteiger partial charge is 0.265 e. The molecule has 0 saturated carbocycles. The Morgan fingerprint density at radius 3 is 2.57 bits per heavy atom. The summed E-state index contributed by atoms with van der Waals surface area (Å²) in [5, 5.41) is 0. The number of carbonyl (C=O) groups is 1. The van der Waals surface area contributed by atoms with Crippen LogP contribution in [-0.2, 0) is 0 Å². The molecule has 1 aromatic heterocycles. The van der Waals surface area contributed by atoms with Gasteiger partial charge in [0.25, 0.3) is 5.91 Å². The normalized spacial score (nSPS) is 15.3. The van der Waals surface area contributed by atoms with E-state index in [0.29, 0.717) is 13.1 Å². The summed E-state index contributed by atoms with van der Waals surface area (Å²) < 4.78 is 0. The molecule has 2 aromatic rings. The Morgan fingerprint density at radius 2 is 1.95 bits per heavy atom. The third-order valence-corrected chi connectivity index (χ3v) is 4.70. The van der Waals surface area contributed by atoms with Gasteiger partial charge in [0, 0.05) is 26.2 Å². The van der Waals surface area contributed by atoms with Crippen molar-refractivity contribution in [2.45, 2.75) is 6.92 Å². The molecule has 1 amide bonds. The molecule has 0 radical (unpaired) electrons. The highest BCUT2D eigenvalue weighted by Crippen LogP contribution is 2.24. The van der Waals surface area contributed by atoms with Gasteiger partial charge in [-0.25, -0.2) is 4.98 Å². The quantitative estimate of drug-likeness (QED) is 0.862. The summed E-state index contributed by atoms with van der Waals surface area (Å²) in [5.41, 5.74) is 10.4. The Hall–Kier alpha value is -2.08. The van der Waals surface area contributed by atoms with Gasteiger partial charge in [-0.2, -0.15) is 0 Å². The van der Waals surface area contributed by atoms with Gasteiger partial charge in [-0.1, -0.05) is 12.1 Å². The van der Waals surface area contributed by atoms with Gasteiger partial charge < -0.3 is 15.5 Å². The number of benzene rings is 1. The standard InChI is InChI=1S/C15H18N4OS/c1-11-14(21-10-17-11)15(20)19-8-6-18(7-9-19)13-5-3-2-4-12(13)16/h2-5,10H,6-9,16H2,1H3. The van der Waals surface area contributed by atoms with Crippen molar-refractivity contribution >= 4 is 28.6 Å². The minimum absolute atomic E-state index is 0.0932. The van der Waals surface area contributed by atoms with Crippen LogP contribution in [0.3, 0.4) is 0 Å². The van der Waals surface area contributed by atoms with Crippen LogP contribution < -0.4 is 10.6 Å². The van der Waals surface area contributed by atoms with Gasteiger partial charge in [0.2, 0.25) is 0 Å². The molecule has 1 aliphatic heterocycles. The Labute approximate surface area is 128 Å². The average Bonchev–Trinajstić information content (AvgIpc) is 2.93. The first-order chi connectivity index (χ1) is 10.2. The molecule has 5 nitrogen and oxygen atoms in total. The molecule has 0 bridgehead atoms. The van der Waals surface area contributed by atoms with Crippen molar-refractivity contribution in [3.63, 3.8) is 0 Å². The number of amides is 1. The summed E-state index contributed by atoms with van der Waals surface area (Å²) in [4.78, 5) is 21.5. The lowest BCUT2D eigenvalue weighted by atomic mass is 10.2. The van der Waals surface area contributed by atoms with Crippen molar-refractivity contribution < 1.29 is 4.79 Å². The molecule has 1 fully saturated rings. The molecular weight excluding hydrogens is 284 g/mol. The fourth-order valence-corrected chi connectivity index (χ4v) is 3.35. The van der Waals surface area contributed by atoms with Crippen LogP contribution in [0.5, 0.6) is 0 Å². The van der Waals surface area contributed by atoms with Gasteiger partial charge in [-0.05, 0) is 19.1 Å². The summed E-state index contributed by atoms with van der Waals surface area (Å²) in [6.45, 7) is 4.91. The van der Waals surface area contributed by atoms with Gasteiger partial charge in [0.15, 0.2) is 0 Å². The van der Waals surface area contributed by atoms with Crippen molar-refractivity contribution in [2.75, 3.05) is 36.8 Å². The first-order valence-corrected chi connectivity index (χ1v) is 7.83. The van der Waals surface area contributed by atoms with E-state index in [4.69, 9.17) is 5.73 Å². The summed E-state index contributed by atoms with van der Waals surface area (Å²) in [6.07, 6.45) is 0. The third kappa shape index (κ3) is 2.71. The molecule has 2 heterocycles. The number of hydrogen-bond donors (Lipinski definition) is 1.